The number of pyridine rings is 1. The van der Waals surface area contributed by atoms with Crippen molar-refractivity contribution in [1.29, 1.82) is 0 Å². The van der Waals surface area contributed by atoms with Gasteiger partial charge in [0, 0.05) is 17.0 Å². The largest absolute Gasteiger partial charge is 0.257 e. The third-order valence-electron chi connectivity index (χ3n) is 5.80. The van der Waals surface area contributed by atoms with E-state index in [1.807, 2.05) is 12.4 Å². The van der Waals surface area contributed by atoms with Crippen LogP contribution < -0.4 is 4.57 Å². The Morgan fingerprint density at radius 3 is 2.43 bits per heavy atom. The first-order valence-electron chi connectivity index (χ1n) is 10.7. The Kier molecular flexibility index (Phi) is 5.38. The highest BCUT2D eigenvalue weighted by molar-refractivity contribution is 6.00. The maximum Gasteiger partial charge on any atom is 0.222 e. The minimum atomic E-state index is 0.564. The van der Waals surface area contributed by atoms with E-state index in [9.17, 15) is 0 Å². The average molecular weight is 397 g/mol. The van der Waals surface area contributed by atoms with Gasteiger partial charge in [0.25, 0.3) is 0 Å². The van der Waals surface area contributed by atoms with Gasteiger partial charge in [0.2, 0.25) is 5.69 Å². The van der Waals surface area contributed by atoms with Crippen LogP contribution in [0, 0.1) is 26.7 Å². The van der Waals surface area contributed by atoms with Crippen LogP contribution in [0.25, 0.3) is 33.3 Å². The summed E-state index contributed by atoms with van der Waals surface area (Å²) in [5, 5.41) is 2.41. The van der Waals surface area contributed by atoms with Crippen LogP contribution in [-0.4, -0.2) is 9.97 Å². The molecule has 0 amide bonds. The molecule has 4 rings (SSSR count). The Bertz CT molecular complexity index is 1220. The monoisotopic (exact) mass is 396 g/mol. The minimum Gasteiger partial charge on any atom is -0.257 e. The topological polar surface area (TPSA) is 29.7 Å². The standard InChI is InChI=1S/C27H30N3/c1-17(2)11-22-14-29-25(15-28-22)26-23-10-8-7-9-21(23)16-30(6)27(26)24-13-18(3)12-19(4)20(24)5/h7-10,12-17H,11H2,1-6H3/q+1. The lowest BCUT2D eigenvalue weighted by atomic mass is 9.91. The first kappa shape index (κ1) is 20.2. The third-order valence-corrected chi connectivity index (χ3v) is 5.80. The van der Waals surface area contributed by atoms with E-state index in [4.69, 9.17) is 9.97 Å². The number of fused-ring (bicyclic) bond motifs is 1. The smallest absolute Gasteiger partial charge is 0.222 e. The molecule has 4 aromatic rings. The second-order valence-corrected chi connectivity index (χ2v) is 8.80. The van der Waals surface area contributed by atoms with E-state index in [0.717, 1.165) is 23.4 Å². The van der Waals surface area contributed by atoms with Gasteiger partial charge in [-0.15, -0.1) is 0 Å². The van der Waals surface area contributed by atoms with E-state index in [0.29, 0.717) is 5.92 Å². The van der Waals surface area contributed by atoms with E-state index in [2.05, 4.69) is 88.8 Å². The highest BCUT2D eigenvalue weighted by atomic mass is 14.9. The normalized spacial score (nSPS) is 11.4. The van der Waals surface area contributed by atoms with Crippen LogP contribution in [0.2, 0.25) is 0 Å². The van der Waals surface area contributed by atoms with Gasteiger partial charge >= 0.3 is 0 Å². The van der Waals surface area contributed by atoms with Crippen LogP contribution >= 0.6 is 0 Å². The Morgan fingerprint density at radius 2 is 1.73 bits per heavy atom. The minimum absolute atomic E-state index is 0.564. The van der Waals surface area contributed by atoms with E-state index in [-0.39, 0.29) is 0 Å². The van der Waals surface area contributed by atoms with Crippen molar-refractivity contribution in [3.05, 3.63) is 77.4 Å². The molecule has 3 heteroatoms. The highest BCUT2D eigenvalue weighted by Gasteiger charge is 2.24. The van der Waals surface area contributed by atoms with Crippen LogP contribution in [0.5, 0.6) is 0 Å². The second kappa shape index (κ2) is 7.98. The van der Waals surface area contributed by atoms with Gasteiger partial charge in [-0.1, -0.05) is 43.7 Å². The summed E-state index contributed by atoms with van der Waals surface area (Å²) in [5.74, 6) is 0.564. The zero-order valence-corrected chi connectivity index (χ0v) is 18.8. The molecule has 2 aromatic carbocycles. The summed E-state index contributed by atoms with van der Waals surface area (Å²) in [7, 11) is 2.13. The fraction of sp³-hybridized carbons (Fsp3) is 0.296. The van der Waals surface area contributed by atoms with Gasteiger partial charge in [-0.25, -0.2) is 0 Å². The molecule has 0 saturated heterocycles. The molecule has 0 N–H and O–H groups in total. The van der Waals surface area contributed by atoms with Crippen molar-refractivity contribution in [3.63, 3.8) is 0 Å². The number of benzene rings is 2. The van der Waals surface area contributed by atoms with Crippen molar-refractivity contribution < 1.29 is 4.57 Å². The van der Waals surface area contributed by atoms with Crippen molar-refractivity contribution in [2.75, 3.05) is 0 Å². The van der Waals surface area contributed by atoms with Crippen molar-refractivity contribution in [3.8, 4) is 22.5 Å². The zero-order chi connectivity index (χ0) is 21.4. The van der Waals surface area contributed by atoms with Crippen molar-refractivity contribution >= 4 is 10.8 Å². The summed E-state index contributed by atoms with van der Waals surface area (Å²) < 4.78 is 2.24. The number of aromatic nitrogens is 3. The molecule has 3 nitrogen and oxygen atoms in total. The van der Waals surface area contributed by atoms with Gasteiger partial charge < -0.3 is 0 Å². The van der Waals surface area contributed by atoms with Crippen LogP contribution in [0.3, 0.4) is 0 Å². The fourth-order valence-corrected chi connectivity index (χ4v) is 4.29. The fourth-order valence-electron chi connectivity index (χ4n) is 4.29. The molecule has 0 radical (unpaired) electrons. The predicted molar refractivity (Wildman–Crippen MR) is 124 cm³/mol. The van der Waals surface area contributed by atoms with Crippen molar-refractivity contribution in [2.45, 2.75) is 41.0 Å². The van der Waals surface area contributed by atoms with E-state index in [1.54, 1.807) is 0 Å². The number of hydrogen-bond acceptors (Lipinski definition) is 2. The van der Waals surface area contributed by atoms with Crippen molar-refractivity contribution in [1.82, 2.24) is 9.97 Å². The van der Waals surface area contributed by atoms with Gasteiger partial charge in [-0.05, 0) is 56.4 Å². The van der Waals surface area contributed by atoms with Gasteiger partial charge in [0.15, 0.2) is 6.20 Å². The number of aryl methyl sites for hydroxylation is 3. The predicted octanol–water partition coefficient (Wildman–Crippen LogP) is 5.91. The SMILES string of the molecule is Cc1cc(C)c(C)c(-c2c(-c3cnc(CC(C)C)cn3)c3ccccc3c[n+]2C)c1. The molecule has 2 heterocycles. The molecular formula is C27H30N3+. The maximum atomic E-state index is 4.88. The molecule has 152 valence electrons. The lowest BCUT2D eigenvalue weighted by molar-refractivity contribution is -0.658. The third kappa shape index (κ3) is 3.72. The number of hydrogen-bond donors (Lipinski definition) is 0. The van der Waals surface area contributed by atoms with Gasteiger partial charge in [0.1, 0.15) is 7.05 Å². The molecule has 0 bridgehead atoms. The second-order valence-electron chi connectivity index (χ2n) is 8.80. The molecular weight excluding hydrogens is 366 g/mol. The summed E-state index contributed by atoms with van der Waals surface area (Å²) in [5.41, 5.74) is 9.43. The maximum absolute atomic E-state index is 4.88. The molecule has 0 atom stereocenters. The molecule has 0 spiro atoms. The number of nitrogens with zero attached hydrogens (tertiary/aromatic N) is 3. The van der Waals surface area contributed by atoms with E-state index < -0.39 is 0 Å². The highest BCUT2D eigenvalue weighted by Crippen LogP contribution is 2.36. The molecule has 0 aliphatic carbocycles. The zero-order valence-electron chi connectivity index (χ0n) is 18.8. The lowest BCUT2D eigenvalue weighted by Gasteiger charge is -2.15. The van der Waals surface area contributed by atoms with Gasteiger partial charge in [-0.2, -0.15) is 4.57 Å². The molecule has 30 heavy (non-hydrogen) atoms. The van der Waals surface area contributed by atoms with Gasteiger partial charge in [-0.3, -0.25) is 9.97 Å². The first-order valence-corrected chi connectivity index (χ1v) is 10.7. The van der Waals surface area contributed by atoms with Crippen LogP contribution in [0.1, 0.15) is 36.2 Å². The number of rotatable bonds is 4. The summed E-state index contributed by atoms with van der Waals surface area (Å²) >= 11 is 0. The Hall–Kier alpha value is -3.07. The average Bonchev–Trinajstić information content (AvgIpc) is 2.70. The Balaban J connectivity index is 2.04. The Labute approximate surface area is 179 Å². The Morgan fingerprint density at radius 1 is 0.967 bits per heavy atom. The summed E-state index contributed by atoms with van der Waals surface area (Å²) in [6.45, 7) is 11.0. The molecule has 0 aliphatic heterocycles. The summed E-state index contributed by atoms with van der Waals surface area (Å²) in [6.07, 6.45) is 7.04. The molecule has 0 saturated carbocycles. The van der Waals surface area contributed by atoms with Gasteiger partial charge in [0.05, 0.1) is 28.7 Å². The summed E-state index contributed by atoms with van der Waals surface area (Å²) in [6, 6.07) is 13.1. The molecule has 2 aromatic heterocycles. The molecule has 0 aliphatic rings. The lowest BCUT2D eigenvalue weighted by Crippen LogP contribution is -2.32. The van der Waals surface area contributed by atoms with Crippen LogP contribution in [0.15, 0.2) is 55.0 Å². The molecule has 0 unspecified atom stereocenters. The van der Waals surface area contributed by atoms with Crippen LogP contribution in [0.4, 0.5) is 0 Å². The van der Waals surface area contributed by atoms with Crippen molar-refractivity contribution in [2.24, 2.45) is 13.0 Å². The van der Waals surface area contributed by atoms with E-state index >= 15 is 0 Å². The van der Waals surface area contributed by atoms with E-state index in [1.165, 1.54) is 38.7 Å². The van der Waals surface area contributed by atoms with Crippen LogP contribution in [-0.2, 0) is 13.5 Å². The first-order chi connectivity index (χ1) is 14.3. The molecule has 0 fully saturated rings. The summed E-state index contributed by atoms with van der Waals surface area (Å²) in [4.78, 5) is 9.63. The quantitative estimate of drug-likeness (QED) is 0.401.